The number of methoxy groups -OCH3 is 1. The highest BCUT2D eigenvalue weighted by Crippen LogP contribution is 2.52. The number of carbonyl (C=O) groups excluding carboxylic acids is 1. The van der Waals surface area contributed by atoms with Gasteiger partial charge in [-0.15, -0.1) is 0 Å². The maximum atomic E-state index is 11.7. The molecule has 3 aliphatic rings. The first-order chi connectivity index (χ1) is 12.6. The molecule has 0 aromatic heterocycles. The molecular weight excluding hydrogens is 328 g/mol. The normalized spacial score (nSPS) is 35.2. The zero-order chi connectivity index (χ0) is 18.1. The number of piperidine rings is 1. The topological polar surface area (TPSA) is 64.8 Å². The Labute approximate surface area is 155 Å². The molecule has 5 nitrogen and oxygen atoms in total. The number of fused-ring (bicyclic) bond motifs is 2. The molecule has 2 bridgehead atoms. The Kier molecular flexibility index (Phi) is 5.04. The van der Waals surface area contributed by atoms with Crippen molar-refractivity contribution in [3.8, 4) is 0 Å². The van der Waals surface area contributed by atoms with Gasteiger partial charge in [-0.3, -0.25) is 9.69 Å². The SMILES string of the molecule is CO[C@]1(c2cccc(C(N)=O)c2)[C@@H]2CCC[C@H]1CN([C@@H]1CCCOC1)C2. The maximum absolute atomic E-state index is 11.7. The van der Waals surface area contributed by atoms with Gasteiger partial charge < -0.3 is 15.2 Å². The minimum atomic E-state index is -0.375. The number of nitrogens with two attached hydrogens (primary N) is 1. The van der Waals surface area contributed by atoms with Crippen LogP contribution in [0.3, 0.4) is 0 Å². The van der Waals surface area contributed by atoms with Crippen LogP contribution in [0.15, 0.2) is 24.3 Å². The summed E-state index contributed by atoms with van der Waals surface area (Å²) in [5, 5.41) is 0. The molecule has 1 aromatic rings. The van der Waals surface area contributed by atoms with Crippen LogP contribution in [0.1, 0.15) is 48.0 Å². The van der Waals surface area contributed by atoms with E-state index in [0.29, 0.717) is 23.4 Å². The number of nitrogens with zero attached hydrogens (tertiary/aromatic N) is 1. The molecule has 3 fully saturated rings. The molecule has 2 N–H and O–H groups in total. The number of primary amides is 1. The van der Waals surface area contributed by atoms with E-state index in [9.17, 15) is 4.79 Å². The molecule has 4 rings (SSSR count). The van der Waals surface area contributed by atoms with E-state index in [1.165, 1.54) is 12.8 Å². The third kappa shape index (κ3) is 2.96. The van der Waals surface area contributed by atoms with Gasteiger partial charge in [0, 0.05) is 50.2 Å². The van der Waals surface area contributed by atoms with Crippen molar-refractivity contribution >= 4 is 5.91 Å². The van der Waals surface area contributed by atoms with Crippen molar-refractivity contribution in [2.75, 3.05) is 33.4 Å². The summed E-state index contributed by atoms with van der Waals surface area (Å²) in [4.78, 5) is 14.3. The molecule has 0 unspecified atom stereocenters. The van der Waals surface area contributed by atoms with E-state index in [4.69, 9.17) is 15.2 Å². The van der Waals surface area contributed by atoms with Crippen molar-refractivity contribution in [2.24, 2.45) is 17.6 Å². The molecule has 1 aliphatic carbocycles. The number of amides is 1. The monoisotopic (exact) mass is 358 g/mol. The van der Waals surface area contributed by atoms with E-state index >= 15 is 0 Å². The van der Waals surface area contributed by atoms with Gasteiger partial charge in [-0.1, -0.05) is 18.6 Å². The molecule has 142 valence electrons. The van der Waals surface area contributed by atoms with Crippen molar-refractivity contribution in [2.45, 2.75) is 43.7 Å². The first-order valence-electron chi connectivity index (χ1n) is 9.92. The minimum Gasteiger partial charge on any atom is -0.380 e. The summed E-state index contributed by atoms with van der Waals surface area (Å²) in [6, 6.07) is 8.34. The van der Waals surface area contributed by atoms with Crippen LogP contribution >= 0.6 is 0 Å². The molecule has 1 amide bonds. The van der Waals surface area contributed by atoms with Gasteiger partial charge >= 0.3 is 0 Å². The second-order valence-corrected chi connectivity index (χ2v) is 8.09. The predicted molar refractivity (Wildman–Crippen MR) is 99.9 cm³/mol. The van der Waals surface area contributed by atoms with Crippen LogP contribution in [0.2, 0.25) is 0 Å². The van der Waals surface area contributed by atoms with Gasteiger partial charge in [-0.2, -0.15) is 0 Å². The Balaban J connectivity index is 1.66. The molecule has 2 aliphatic heterocycles. The van der Waals surface area contributed by atoms with E-state index in [1.54, 1.807) is 6.07 Å². The van der Waals surface area contributed by atoms with Crippen molar-refractivity contribution in [3.05, 3.63) is 35.4 Å². The average molecular weight is 358 g/mol. The number of carbonyl (C=O) groups is 1. The van der Waals surface area contributed by atoms with Gasteiger partial charge in [-0.05, 0) is 43.4 Å². The van der Waals surface area contributed by atoms with Crippen LogP contribution in [0.25, 0.3) is 0 Å². The van der Waals surface area contributed by atoms with E-state index in [-0.39, 0.29) is 11.5 Å². The summed E-state index contributed by atoms with van der Waals surface area (Å²) >= 11 is 0. The maximum Gasteiger partial charge on any atom is 0.248 e. The van der Waals surface area contributed by atoms with Crippen LogP contribution < -0.4 is 5.73 Å². The molecular formula is C21H30N2O3. The summed E-state index contributed by atoms with van der Waals surface area (Å²) in [5.74, 6) is 0.496. The number of hydrogen-bond donors (Lipinski definition) is 1. The molecule has 0 radical (unpaired) electrons. The molecule has 1 saturated carbocycles. The number of hydrogen-bond acceptors (Lipinski definition) is 4. The quantitative estimate of drug-likeness (QED) is 0.898. The fourth-order valence-electron chi connectivity index (χ4n) is 5.62. The summed E-state index contributed by atoms with van der Waals surface area (Å²) in [7, 11) is 1.83. The highest BCUT2D eigenvalue weighted by molar-refractivity contribution is 5.92. The highest BCUT2D eigenvalue weighted by atomic mass is 16.5. The molecule has 2 heterocycles. The first-order valence-corrected chi connectivity index (χ1v) is 9.92. The van der Waals surface area contributed by atoms with Crippen LogP contribution in [-0.2, 0) is 15.1 Å². The van der Waals surface area contributed by atoms with Crippen molar-refractivity contribution < 1.29 is 14.3 Å². The van der Waals surface area contributed by atoms with Crippen LogP contribution in [0.4, 0.5) is 0 Å². The summed E-state index contributed by atoms with van der Waals surface area (Å²) in [6.45, 7) is 3.84. The number of rotatable bonds is 4. The molecule has 5 heteroatoms. The molecule has 0 spiro atoms. The van der Waals surface area contributed by atoms with Gasteiger partial charge in [0.15, 0.2) is 0 Å². The second-order valence-electron chi connectivity index (χ2n) is 8.09. The summed E-state index contributed by atoms with van der Waals surface area (Å²) < 4.78 is 12.0. The van der Waals surface area contributed by atoms with E-state index in [2.05, 4.69) is 11.0 Å². The van der Waals surface area contributed by atoms with Gasteiger partial charge in [0.05, 0.1) is 6.61 Å². The zero-order valence-corrected chi connectivity index (χ0v) is 15.7. The van der Waals surface area contributed by atoms with Gasteiger partial charge in [0.1, 0.15) is 5.60 Å². The molecule has 26 heavy (non-hydrogen) atoms. The van der Waals surface area contributed by atoms with Crippen LogP contribution in [-0.4, -0.2) is 50.3 Å². The average Bonchev–Trinajstić information content (AvgIpc) is 2.67. The lowest BCUT2D eigenvalue weighted by Gasteiger charge is -2.57. The smallest absolute Gasteiger partial charge is 0.248 e. The van der Waals surface area contributed by atoms with Gasteiger partial charge in [0.2, 0.25) is 5.91 Å². The molecule has 4 atom stereocenters. The number of benzene rings is 1. The van der Waals surface area contributed by atoms with Crippen molar-refractivity contribution in [1.82, 2.24) is 4.90 Å². The lowest BCUT2D eigenvalue weighted by atomic mass is 9.62. The Bertz CT molecular complexity index is 642. The predicted octanol–water partition coefficient (Wildman–Crippen LogP) is 2.54. The zero-order valence-electron chi connectivity index (χ0n) is 15.7. The van der Waals surface area contributed by atoms with E-state index in [0.717, 1.165) is 51.1 Å². The molecule has 1 aromatic carbocycles. The van der Waals surface area contributed by atoms with Crippen LogP contribution in [0.5, 0.6) is 0 Å². The first kappa shape index (κ1) is 18.0. The third-order valence-corrected chi connectivity index (χ3v) is 6.82. The standard InChI is InChI=1S/C21H30N2O3/c1-25-21(16-6-2-5-15(11-16)20(22)24)17-7-3-8-18(21)13-23(12-17)19-9-4-10-26-14-19/h2,5-6,11,17-19H,3-4,7-10,12-14H2,1H3,(H2,22,24)/t17-,18+,19-,21-/m1/s1. The number of ether oxygens (including phenoxy) is 2. The number of likely N-dealkylation sites (tertiary alicyclic amines) is 1. The second kappa shape index (κ2) is 7.29. The van der Waals surface area contributed by atoms with Crippen molar-refractivity contribution in [3.63, 3.8) is 0 Å². The minimum absolute atomic E-state index is 0.310. The van der Waals surface area contributed by atoms with E-state index in [1.807, 2.05) is 19.2 Å². The largest absolute Gasteiger partial charge is 0.380 e. The molecule has 2 saturated heterocycles. The Hall–Kier alpha value is -1.43. The summed E-state index contributed by atoms with van der Waals surface area (Å²) in [6.07, 6.45) is 5.97. The Morgan fingerprint density at radius 2 is 2.00 bits per heavy atom. The Morgan fingerprint density at radius 1 is 1.23 bits per heavy atom. The van der Waals surface area contributed by atoms with Gasteiger partial charge in [-0.25, -0.2) is 0 Å². The fraction of sp³-hybridized carbons (Fsp3) is 0.667. The van der Waals surface area contributed by atoms with E-state index < -0.39 is 0 Å². The lowest BCUT2D eigenvalue weighted by molar-refractivity contribution is -0.179. The van der Waals surface area contributed by atoms with Crippen LogP contribution in [0, 0.1) is 11.8 Å². The fourth-order valence-corrected chi connectivity index (χ4v) is 5.62. The third-order valence-electron chi connectivity index (χ3n) is 6.82. The van der Waals surface area contributed by atoms with Crippen molar-refractivity contribution in [1.29, 1.82) is 0 Å². The Morgan fingerprint density at radius 3 is 2.62 bits per heavy atom. The lowest BCUT2D eigenvalue weighted by Crippen LogP contribution is -2.61. The summed E-state index contributed by atoms with van der Waals surface area (Å²) in [5.41, 5.74) is 6.91. The van der Waals surface area contributed by atoms with Gasteiger partial charge in [0.25, 0.3) is 0 Å². The highest BCUT2D eigenvalue weighted by Gasteiger charge is 2.54.